The molecule has 0 spiro atoms. The van der Waals surface area contributed by atoms with E-state index in [0.717, 1.165) is 16.6 Å². The van der Waals surface area contributed by atoms with Gasteiger partial charge in [0.1, 0.15) is 17.2 Å². The van der Waals surface area contributed by atoms with Crippen molar-refractivity contribution in [3.63, 3.8) is 0 Å². The van der Waals surface area contributed by atoms with Crippen molar-refractivity contribution in [3.05, 3.63) is 69.3 Å². The van der Waals surface area contributed by atoms with Crippen LogP contribution in [0.1, 0.15) is 31.3 Å². The van der Waals surface area contributed by atoms with Crippen molar-refractivity contribution in [2.24, 2.45) is 5.92 Å². The van der Waals surface area contributed by atoms with Crippen molar-refractivity contribution in [1.29, 1.82) is 0 Å². The summed E-state index contributed by atoms with van der Waals surface area (Å²) in [7, 11) is 0. The number of benzene rings is 2. The molecule has 31 heavy (non-hydrogen) atoms. The quantitative estimate of drug-likeness (QED) is 0.430. The molecule has 2 N–H and O–H groups in total. The third kappa shape index (κ3) is 4.41. The monoisotopic (exact) mass is 439 g/mol. The number of halogens is 1. The second-order valence-corrected chi connectivity index (χ2v) is 8.15. The van der Waals surface area contributed by atoms with Crippen LogP contribution in [0, 0.1) is 12.8 Å². The molecular formula is C23H22ClN3O4. The van der Waals surface area contributed by atoms with E-state index < -0.39 is 5.63 Å². The SMILES string of the molecule is Cc1cc(=O)oc2cc(OCC(=O)N[C@H](c3nc4ccccc4[nH]3)C(C)C)c(Cl)cc12. The molecule has 160 valence electrons. The number of rotatable bonds is 6. The topological polar surface area (TPSA) is 97.2 Å². The number of carbonyl (C=O) groups excluding carboxylic acids is 1. The molecule has 1 amide bonds. The summed E-state index contributed by atoms with van der Waals surface area (Å²) in [5, 5.41) is 4.01. The standard InChI is InChI=1S/C23H22ClN3O4/c1-12(2)22(23-25-16-6-4-5-7-17(16)26-23)27-20(28)11-30-19-10-18-14(9-15(19)24)13(3)8-21(29)31-18/h4-10,12,22H,11H2,1-3H3,(H,25,26)(H,27,28)/t22-/m0/s1. The maximum Gasteiger partial charge on any atom is 0.336 e. The fraction of sp³-hybridized carbons (Fsp3) is 0.261. The third-order valence-corrected chi connectivity index (χ3v) is 5.34. The minimum atomic E-state index is -0.457. The number of carbonyl (C=O) groups is 1. The van der Waals surface area contributed by atoms with Crippen LogP contribution in [0.5, 0.6) is 5.75 Å². The highest BCUT2D eigenvalue weighted by molar-refractivity contribution is 6.32. The van der Waals surface area contributed by atoms with Crippen LogP contribution in [0.4, 0.5) is 0 Å². The molecular weight excluding hydrogens is 418 g/mol. The van der Waals surface area contributed by atoms with Gasteiger partial charge in [-0.25, -0.2) is 9.78 Å². The summed E-state index contributed by atoms with van der Waals surface area (Å²) in [5.74, 6) is 0.737. The Bertz CT molecular complexity index is 1290. The molecule has 0 aliphatic heterocycles. The lowest BCUT2D eigenvalue weighted by Crippen LogP contribution is -2.35. The zero-order valence-electron chi connectivity index (χ0n) is 17.4. The molecule has 0 unspecified atom stereocenters. The lowest BCUT2D eigenvalue weighted by atomic mass is 10.0. The number of para-hydroxylation sites is 2. The van der Waals surface area contributed by atoms with E-state index in [4.69, 9.17) is 20.8 Å². The average Bonchev–Trinajstić information content (AvgIpc) is 3.14. The Morgan fingerprint density at radius 1 is 1.26 bits per heavy atom. The first kappa shape index (κ1) is 20.9. The van der Waals surface area contributed by atoms with E-state index >= 15 is 0 Å². The van der Waals surface area contributed by atoms with Gasteiger partial charge in [0.15, 0.2) is 6.61 Å². The minimum Gasteiger partial charge on any atom is -0.482 e. The van der Waals surface area contributed by atoms with Crippen LogP contribution >= 0.6 is 11.6 Å². The van der Waals surface area contributed by atoms with Crippen molar-refractivity contribution >= 4 is 39.5 Å². The van der Waals surface area contributed by atoms with E-state index in [-0.39, 0.29) is 30.2 Å². The van der Waals surface area contributed by atoms with Gasteiger partial charge in [-0.1, -0.05) is 37.6 Å². The van der Waals surface area contributed by atoms with E-state index in [9.17, 15) is 9.59 Å². The summed E-state index contributed by atoms with van der Waals surface area (Å²) in [6, 6.07) is 12.0. The summed E-state index contributed by atoms with van der Waals surface area (Å²) >= 11 is 6.30. The molecule has 0 fully saturated rings. The van der Waals surface area contributed by atoms with Crippen molar-refractivity contribution in [3.8, 4) is 5.75 Å². The molecule has 0 bridgehead atoms. The molecule has 4 rings (SSSR count). The Hall–Kier alpha value is -3.32. The maximum absolute atomic E-state index is 12.6. The molecule has 1 atom stereocenters. The van der Waals surface area contributed by atoms with Gasteiger partial charge < -0.3 is 19.5 Å². The Morgan fingerprint density at radius 2 is 2.03 bits per heavy atom. The smallest absolute Gasteiger partial charge is 0.336 e. The fourth-order valence-corrected chi connectivity index (χ4v) is 3.68. The van der Waals surface area contributed by atoms with Crippen molar-refractivity contribution in [2.75, 3.05) is 6.61 Å². The number of fused-ring (bicyclic) bond motifs is 2. The van der Waals surface area contributed by atoms with Gasteiger partial charge in [0, 0.05) is 17.5 Å². The van der Waals surface area contributed by atoms with Gasteiger partial charge in [-0.3, -0.25) is 4.79 Å². The van der Waals surface area contributed by atoms with Crippen LogP contribution in [-0.4, -0.2) is 22.5 Å². The van der Waals surface area contributed by atoms with Gasteiger partial charge in [0.05, 0.1) is 22.1 Å². The molecule has 7 nitrogen and oxygen atoms in total. The molecule has 0 radical (unpaired) electrons. The number of aromatic amines is 1. The molecule has 2 heterocycles. The van der Waals surface area contributed by atoms with Gasteiger partial charge in [-0.05, 0) is 36.6 Å². The van der Waals surface area contributed by atoms with Crippen molar-refractivity contribution < 1.29 is 13.9 Å². The molecule has 4 aromatic rings. The van der Waals surface area contributed by atoms with Crippen LogP contribution in [0.25, 0.3) is 22.0 Å². The van der Waals surface area contributed by atoms with Gasteiger partial charge in [-0.15, -0.1) is 0 Å². The predicted octanol–water partition coefficient (Wildman–Crippen LogP) is 4.52. The molecule has 0 saturated heterocycles. The number of H-pyrrole nitrogens is 1. The Labute approximate surface area is 183 Å². The lowest BCUT2D eigenvalue weighted by molar-refractivity contribution is -0.124. The molecule has 2 aromatic carbocycles. The zero-order chi connectivity index (χ0) is 22.1. The summed E-state index contributed by atoms with van der Waals surface area (Å²) in [6.07, 6.45) is 0. The van der Waals surface area contributed by atoms with Crippen molar-refractivity contribution in [2.45, 2.75) is 26.8 Å². The van der Waals surface area contributed by atoms with Gasteiger partial charge in [0.25, 0.3) is 5.91 Å². The summed E-state index contributed by atoms with van der Waals surface area (Å²) in [4.78, 5) is 32.1. The van der Waals surface area contributed by atoms with Crippen LogP contribution in [0.15, 0.2) is 51.7 Å². The molecule has 0 saturated carbocycles. The summed E-state index contributed by atoms with van der Waals surface area (Å²) < 4.78 is 10.8. The highest BCUT2D eigenvalue weighted by Crippen LogP contribution is 2.31. The van der Waals surface area contributed by atoms with E-state index in [1.165, 1.54) is 12.1 Å². The highest BCUT2D eigenvalue weighted by atomic mass is 35.5. The first-order valence-electron chi connectivity index (χ1n) is 9.92. The van der Waals surface area contributed by atoms with E-state index in [1.807, 2.05) is 38.1 Å². The van der Waals surface area contributed by atoms with E-state index in [2.05, 4.69) is 15.3 Å². The number of hydrogen-bond donors (Lipinski definition) is 2. The fourth-order valence-electron chi connectivity index (χ4n) is 3.46. The number of aryl methyl sites for hydroxylation is 1. The second-order valence-electron chi connectivity index (χ2n) is 7.74. The van der Waals surface area contributed by atoms with Gasteiger partial charge in [0.2, 0.25) is 0 Å². The molecule has 0 aliphatic carbocycles. The van der Waals surface area contributed by atoms with E-state index in [1.54, 1.807) is 13.0 Å². The lowest BCUT2D eigenvalue weighted by Gasteiger charge is -2.20. The molecule has 2 aromatic heterocycles. The van der Waals surface area contributed by atoms with Crippen LogP contribution in [-0.2, 0) is 4.79 Å². The van der Waals surface area contributed by atoms with Gasteiger partial charge >= 0.3 is 5.63 Å². The number of imidazole rings is 1. The Balaban J connectivity index is 1.50. The second kappa shape index (κ2) is 8.43. The molecule has 8 heteroatoms. The average molecular weight is 440 g/mol. The maximum atomic E-state index is 12.6. The van der Waals surface area contributed by atoms with E-state index in [0.29, 0.717) is 21.8 Å². The molecule has 0 aliphatic rings. The Kier molecular flexibility index (Phi) is 5.69. The first-order chi connectivity index (χ1) is 14.8. The largest absolute Gasteiger partial charge is 0.482 e. The Morgan fingerprint density at radius 3 is 2.77 bits per heavy atom. The predicted molar refractivity (Wildman–Crippen MR) is 120 cm³/mol. The number of aromatic nitrogens is 2. The number of hydrogen-bond acceptors (Lipinski definition) is 5. The van der Waals surface area contributed by atoms with Gasteiger partial charge in [-0.2, -0.15) is 0 Å². The van der Waals surface area contributed by atoms with Crippen molar-refractivity contribution in [1.82, 2.24) is 15.3 Å². The number of nitrogens with one attached hydrogen (secondary N) is 2. The first-order valence-corrected chi connectivity index (χ1v) is 10.3. The number of nitrogens with zero attached hydrogens (tertiary/aromatic N) is 1. The zero-order valence-corrected chi connectivity index (χ0v) is 18.1. The normalized spacial score (nSPS) is 12.4. The summed E-state index contributed by atoms with van der Waals surface area (Å²) in [6.45, 7) is 5.56. The number of ether oxygens (including phenoxy) is 1. The minimum absolute atomic E-state index is 0.103. The highest BCUT2D eigenvalue weighted by Gasteiger charge is 2.22. The summed E-state index contributed by atoms with van der Waals surface area (Å²) in [5.41, 5.74) is 2.40. The third-order valence-electron chi connectivity index (χ3n) is 5.05. The van der Waals surface area contributed by atoms with Crippen LogP contribution < -0.4 is 15.7 Å². The number of amides is 1. The van der Waals surface area contributed by atoms with Crippen LogP contribution in [0.2, 0.25) is 5.02 Å². The van der Waals surface area contributed by atoms with Crippen LogP contribution in [0.3, 0.4) is 0 Å².